The fourth-order valence-corrected chi connectivity index (χ4v) is 3.13. The minimum atomic E-state index is -3.09. The highest BCUT2D eigenvalue weighted by Crippen LogP contribution is 2.13. The molecule has 1 saturated heterocycles. The predicted molar refractivity (Wildman–Crippen MR) is 81.5 cm³/mol. The van der Waals surface area contributed by atoms with Crippen LogP contribution in [0.4, 0.5) is 0 Å². The summed E-state index contributed by atoms with van der Waals surface area (Å²) < 4.78 is 22.9. The van der Waals surface area contributed by atoms with Crippen LogP contribution in [0.5, 0.6) is 0 Å². The van der Waals surface area contributed by atoms with Crippen molar-refractivity contribution in [3.05, 3.63) is 29.8 Å². The monoisotopic (exact) mass is 296 g/mol. The molecule has 1 aromatic carbocycles. The van der Waals surface area contributed by atoms with Gasteiger partial charge in [0, 0.05) is 18.8 Å². The van der Waals surface area contributed by atoms with Gasteiger partial charge in [-0.2, -0.15) is 0 Å². The molecule has 20 heavy (non-hydrogen) atoms. The third-order valence-electron chi connectivity index (χ3n) is 3.78. The highest BCUT2D eigenvalue weighted by molar-refractivity contribution is 7.90. The number of hydrogen-bond donors (Lipinski definition) is 1. The molecule has 1 aliphatic rings. The van der Waals surface area contributed by atoms with E-state index in [4.69, 9.17) is 0 Å². The normalized spacial score (nSPS) is 22.2. The van der Waals surface area contributed by atoms with Crippen LogP contribution in [0.1, 0.15) is 25.3 Å². The molecule has 0 bridgehead atoms. The number of hydrogen-bond acceptors (Lipinski definition) is 4. The van der Waals surface area contributed by atoms with E-state index in [0.717, 1.165) is 39.0 Å². The van der Waals surface area contributed by atoms with Crippen molar-refractivity contribution in [3.63, 3.8) is 0 Å². The van der Waals surface area contributed by atoms with Gasteiger partial charge in [0.15, 0.2) is 9.84 Å². The molecule has 1 atom stereocenters. The van der Waals surface area contributed by atoms with Crippen LogP contribution < -0.4 is 5.32 Å². The second-order valence-corrected chi connectivity index (χ2v) is 7.71. The molecule has 0 aromatic heterocycles. The third-order valence-corrected chi connectivity index (χ3v) is 4.91. The lowest BCUT2D eigenvalue weighted by Crippen LogP contribution is -2.38. The van der Waals surface area contributed by atoms with Crippen molar-refractivity contribution in [3.8, 4) is 0 Å². The van der Waals surface area contributed by atoms with E-state index in [1.54, 1.807) is 12.1 Å². The standard InChI is InChI=1S/C15H24N2O2S/c1-13-8-11-17(10-3-9-16-13)12-14-4-6-15(7-5-14)20(2,18)19/h4-7,13,16H,3,8-12H2,1-2H3. The van der Waals surface area contributed by atoms with Crippen LogP contribution in [0.3, 0.4) is 0 Å². The van der Waals surface area contributed by atoms with Gasteiger partial charge in [0.25, 0.3) is 0 Å². The first kappa shape index (κ1) is 15.5. The van der Waals surface area contributed by atoms with E-state index in [1.165, 1.54) is 11.8 Å². The van der Waals surface area contributed by atoms with E-state index in [9.17, 15) is 8.42 Å². The summed E-state index contributed by atoms with van der Waals surface area (Å²) in [7, 11) is -3.09. The Balaban J connectivity index is 1.98. The molecule has 1 unspecified atom stereocenters. The maximum Gasteiger partial charge on any atom is 0.175 e. The summed E-state index contributed by atoms with van der Waals surface area (Å²) in [6, 6.07) is 7.84. The molecule has 2 rings (SSSR count). The molecule has 0 spiro atoms. The molecule has 1 aromatic rings. The largest absolute Gasteiger partial charge is 0.314 e. The van der Waals surface area contributed by atoms with Gasteiger partial charge in [-0.1, -0.05) is 12.1 Å². The molecule has 1 fully saturated rings. The van der Waals surface area contributed by atoms with E-state index in [2.05, 4.69) is 17.1 Å². The van der Waals surface area contributed by atoms with Gasteiger partial charge in [0.1, 0.15) is 0 Å². The van der Waals surface area contributed by atoms with Crippen LogP contribution >= 0.6 is 0 Å². The summed E-state index contributed by atoms with van der Waals surface area (Å²) in [6.45, 7) is 6.38. The van der Waals surface area contributed by atoms with E-state index in [1.807, 2.05) is 12.1 Å². The summed E-state index contributed by atoms with van der Waals surface area (Å²) >= 11 is 0. The fourth-order valence-electron chi connectivity index (χ4n) is 2.50. The van der Waals surface area contributed by atoms with Crippen molar-refractivity contribution in [1.29, 1.82) is 0 Å². The van der Waals surface area contributed by atoms with Crippen LogP contribution in [0, 0.1) is 0 Å². The predicted octanol–water partition coefficient (Wildman–Crippen LogP) is 1.66. The van der Waals surface area contributed by atoms with Crippen LogP contribution in [-0.4, -0.2) is 45.2 Å². The smallest absolute Gasteiger partial charge is 0.175 e. The van der Waals surface area contributed by atoms with Gasteiger partial charge in [-0.3, -0.25) is 4.90 Å². The van der Waals surface area contributed by atoms with E-state index in [0.29, 0.717) is 10.9 Å². The first-order valence-corrected chi connectivity index (χ1v) is 9.09. The molecule has 0 radical (unpaired) electrons. The quantitative estimate of drug-likeness (QED) is 0.922. The van der Waals surface area contributed by atoms with Gasteiger partial charge in [0.05, 0.1) is 4.90 Å². The number of nitrogens with zero attached hydrogens (tertiary/aromatic N) is 1. The lowest BCUT2D eigenvalue weighted by atomic mass is 10.1. The zero-order valence-electron chi connectivity index (χ0n) is 12.3. The second-order valence-electron chi connectivity index (χ2n) is 5.69. The minimum absolute atomic E-state index is 0.395. The summed E-state index contributed by atoms with van der Waals surface area (Å²) in [5.74, 6) is 0. The van der Waals surface area contributed by atoms with Crippen molar-refractivity contribution in [2.24, 2.45) is 0 Å². The molecular weight excluding hydrogens is 272 g/mol. The Morgan fingerprint density at radius 1 is 1.25 bits per heavy atom. The molecule has 4 nitrogen and oxygen atoms in total. The lowest BCUT2D eigenvalue weighted by molar-refractivity contribution is 0.229. The third kappa shape index (κ3) is 4.58. The Morgan fingerprint density at radius 2 is 1.95 bits per heavy atom. The average molecular weight is 296 g/mol. The molecule has 1 aliphatic heterocycles. The maximum atomic E-state index is 11.4. The van der Waals surface area contributed by atoms with Crippen LogP contribution in [-0.2, 0) is 16.4 Å². The fraction of sp³-hybridized carbons (Fsp3) is 0.600. The maximum absolute atomic E-state index is 11.4. The zero-order chi connectivity index (χ0) is 14.6. The average Bonchev–Trinajstić information content (AvgIpc) is 2.37. The summed E-state index contributed by atoms with van der Waals surface area (Å²) in [5, 5.41) is 3.50. The van der Waals surface area contributed by atoms with Gasteiger partial charge in [-0.25, -0.2) is 8.42 Å². The van der Waals surface area contributed by atoms with Crippen molar-refractivity contribution in [1.82, 2.24) is 10.2 Å². The Labute approximate surface area is 122 Å². The second kappa shape index (κ2) is 6.70. The Bertz CT molecular complexity index is 525. The Kier molecular flexibility index (Phi) is 5.18. The van der Waals surface area contributed by atoms with Gasteiger partial charge < -0.3 is 5.32 Å². The van der Waals surface area contributed by atoms with Crippen molar-refractivity contribution < 1.29 is 8.42 Å². The first-order valence-electron chi connectivity index (χ1n) is 7.20. The van der Waals surface area contributed by atoms with Crippen molar-refractivity contribution in [2.45, 2.75) is 37.2 Å². The summed E-state index contributed by atoms with van der Waals surface area (Å²) in [5.41, 5.74) is 1.18. The van der Waals surface area contributed by atoms with Gasteiger partial charge >= 0.3 is 0 Å². The van der Waals surface area contributed by atoms with E-state index < -0.39 is 9.84 Å². The molecule has 0 amide bonds. The van der Waals surface area contributed by atoms with E-state index in [-0.39, 0.29) is 0 Å². The molecule has 1 N–H and O–H groups in total. The van der Waals surface area contributed by atoms with Crippen molar-refractivity contribution >= 4 is 9.84 Å². The SMILES string of the molecule is CC1CCN(Cc2ccc(S(C)(=O)=O)cc2)CCCN1. The van der Waals surface area contributed by atoms with E-state index >= 15 is 0 Å². The highest BCUT2D eigenvalue weighted by Gasteiger charge is 2.12. The zero-order valence-corrected chi connectivity index (χ0v) is 13.1. The first-order chi connectivity index (χ1) is 9.45. The van der Waals surface area contributed by atoms with Crippen LogP contribution in [0.15, 0.2) is 29.2 Å². The van der Waals surface area contributed by atoms with Gasteiger partial charge in [-0.15, -0.1) is 0 Å². The van der Waals surface area contributed by atoms with Crippen LogP contribution in [0.25, 0.3) is 0 Å². The number of rotatable bonds is 3. The Morgan fingerprint density at radius 3 is 2.60 bits per heavy atom. The highest BCUT2D eigenvalue weighted by atomic mass is 32.2. The molecule has 0 saturated carbocycles. The van der Waals surface area contributed by atoms with Gasteiger partial charge in [-0.05, 0) is 57.1 Å². The summed E-state index contributed by atoms with van der Waals surface area (Å²) in [4.78, 5) is 2.85. The molecule has 0 aliphatic carbocycles. The van der Waals surface area contributed by atoms with Gasteiger partial charge in [0.2, 0.25) is 0 Å². The van der Waals surface area contributed by atoms with Crippen LogP contribution in [0.2, 0.25) is 0 Å². The lowest BCUT2D eigenvalue weighted by Gasteiger charge is -2.27. The molecule has 1 heterocycles. The molecule has 112 valence electrons. The number of nitrogens with one attached hydrogen (secondary N) is 1. The number of benzene rings is 1. The molecule has 5 heteroatoms. The molecular formula is C15H24N2O2S. The topological polar surface area (TPSA) is 49.4 Å². The summed E-state index contributed by atoms with van der Waals surface area (Å²) in [6.07, 6.45) is 3.56. The Hall–Kier alpha value is -0.910. The minimum Gasteiger partial charge on any atom is -0.314 e. The van der Waals surface area contributed by atoms with Crippen molar-refractivity contribution in [2.75, 3.05) is 25.9 Å². The number of sulfone groups is 1.